The number of benzene rings is 1. The maximum absolute atomic E-state index is 11.3. The van der Waals surface area contributed by atoms with Gasteiger partial charge < -0.3 is 9.72 Å². The first-order valence-electron chi connectivity index (χ1n) is 4.48. The average molecular weight is 366 g/mol. The van der Waals surface area contributed by atoms with Crippen LogP contribution in [0.2, 0.25) is 0 Å². The number of hydrogen-bond acceptors (Lipinski definition) is 2. The second-order valence-corrected chi connectivity index (χ2v) is 2.90. The molecule has 1 heterocycles. The predicted octanol–water partition coefficient (Wildman–Crippen LogP) is 2.14. The van der Waals surface area contributed by atoms with Gasteiger partial charge in [-0.3, -0.25) is 0 Å². The number of nitrogens with one attached hydrogen (secondary N) is 1. The van der Waals surface area contributed by atoms with Crippen molar-refractivity contribution in [2.45, 2.75) is 6.92 Å². The van der Waals surface area contributed by atoms with Gasteiger partial charge in [0.25, 0.3) is 0 Å². The third-order valence-corrected chi connectivity index (χ3v) is 1.94. The molecule has 0 saturated carbocycles. The van der Waals surface area contributed by atoms with Crippen molar-refractivity contribution in [3.63, 3.8) is 0 Å². The van der Waals surface area contributed by atoms with Gasteiger partial charge in [0.05, 0.1) is 12.3 Å². The van der Waals surface area contributed by atoms with Gasteiger partial charge in [0.15, 0.2) is 0 Å². The van der Waals surface area contributed by atoms with Crippen molar-refractivity contribution in [1.29, 1.82) is 0 Å². The Labute approximate surface area is 144 Å². The van der Waals surface area contributed by atoms with Crippen molar-refractivity contribution in [3.05, 3.63) is 36.0 Å². The molecule has 0 unspecified atom stereocenters. The van der Waals surface area contributed by atoms with Crippen LogP contribution in [0.3, 0.4) is 0 Å². The third kappa shape index (κ3) is 3.73. The largest absolute Gasteiger partial charge is 0.462 e. The summed E-state index contributed by atoms with van der Waals surface area (Å²) in [4.78, 5) is 14.3. The molecule has 1 aromatic heterocycles. The number of fused-ring (bicyclic) bond motifs is 1. The number of hydrogen-bond donors (Lipinski definition) is 1. The molecule has 16 heavy (non-hydrogen) atoms. The molecule has 0 aliphatic carbocycles. The Kier molecular flexibility index (Phi) is 7.91. The Morgan fingerprint density at radius 2 is 2.25 bits per heavy atom. The number of carbonyl (C=O) groups excluding carboxylic acids is 1. The normalized spacial score (nSPS) is 9.06. The monoisotopic (exact) mass is 366 g/mol. The molecule has 0 saturated heterocycles. The fourth-order valence-electron chi connectivity index (χ4n) is 1.32. The molecule has 1 N–H and O–H groups in total. The van der Waals surface area contributed by atoms with Crippen LogP contribution in [0.25, 0.3) is 10.9 Å². The van der Waals surface area contributed by atoms with Crippen LogP contribution in [0.1, 0.15) is 17.4 Å². The summed E-state index contributed by atoms with van der Waals surface area (Å²) in [7, 11) is 0. The van der Waals surface area contributed by atoms with E-state index in [1.54, 1.807) is 13.0 Å². The van der Waals surface area contributed by atoms with E-state index in [0.717, 1.165) is 10.9 Å². The van der Waals surface area contributed by atoms with Crippen LogP contribution >= 0.6 is 0 Å². The maximum Gasteiger partial charge on any atom is 0.344 e. The Bertz CT molecular complexity index is 435. The van der Waals surface area contributed by atoms with Gasteiger partial charge in [0.1, 0.15) is 0 Å². The van der Waals surface area contributed by atoms with Crippen molar-refractivity contribution < 1.29 is 74.9 Å². The molecule has 0 fully saturated rings. The number of ether oxygens (including phenoxy) is 1. The zero-order valence-electron chi connectivity index (χ0n) is 8.99. The van der Waals surface area contributed by atoms with Crippen molar-refractivity contribution in [2.75, 3.05) is 6.61 Å². The van der Waals surface area contributed by atoms with E-state index in [2.05, 4.69) is 11.1 Å². The molecule has 3 nitrogen and oxygen atoms in total. The quantitative estimate of drug-likeness (QED) is 0.654. The number of H-pyrrole nitrogens is 1. The summed E-state index contributed by atoms with van der Waals surface area (Å²) >= 11 is 0. The van der Waals surface area contributed by atoms with E-state index in [1.165, 1.54) is 0 Å². The van der Waals surface area contributed by atoms with Gasteiger partial charge in [0, 0.05) is 65.4 Å². The molecule has 2 rings (SSSR count). The molecule has 0 aliphatic rings. The van der Waals surface area contributed by atoms with Gasteiger partial charge in [-0.1, -0.05) is 0 Å². The van der Waals surface area contributed by atoms with Crippen LogP contribution in [0.5, 0.6) is 0 Å². The Morgan fingerprint density at radius 1 is 1.50 bits per heavy atom. The molecular weight excluding hydrogens is 356 g/mol. The second-order valence-electron chi connectivity index (χ2n) is 2.90. The van der Waals surface area contributed by atoms with Gasteiger partial charge in [0.2, 0.25) is 0 Å². The molecule has 0 spiro atoms. The summed E-state index contributed by atoms with van der Waals surface area (Å²) < 4.78 is 4.87. The SMILES string of the molecule is CCOC(=O)c1cc2[c-]cccc2[nH]1.[Y].[Y]. The van der Waals surface area contributed by atoms with E-state index in [1.807, 2.05) is 18.2 Å². The van der Waals surface area contributed by atoms with Crippen LogP contribution in [-0.2, 0) is 70.2 Å². The van der Waals surface area contributed by atoms with E-state index in [-0.39, 0.29) is 71.4 Å². The first kappa shape index (κ1) is 16.4. The number of rotatable bonds is 2. The van der Waals surface area contributed by atoms with Crippen LogP contribution in [0.4, 0.5) is 0 Å². The fraction of sp³-hybridized carbons (Fsp3) is 0.182. The van der Waals surface area contributed by atoms with E-state index >= 15 is 0 Å². The van der Waals surface area contributed by atoms with Crippen LogP contribution in [0, 0.1) is 6.07 Å². The van der Waals surface area contributed by atoms with E-state index in [9.17, 15) is 4.79 Å². The van der Waals surface area contributed by atoms with Crippen LogP contribution in [0.15, 0.2) is 24.3 Å². The Morgan fingerprint density at radius 3 is 2.88 bits per heavy atom. The molecule has 0 amide bonds. The fourth-order valence-corrected chi connectivity index (χ4v) is 1.32. The standard InChI is InChI=1S/C11H10NO2.2Y/c1-2-14-11(13)10-7-8-5-3-4-6-9(8)12-10;;/h3-4,6-7,12H,2H2,1H3;;/q-1;;. The summed E-state index contributed by atoms with van der Waals surface area (Å²) in [6.45, 7) is 2.17. The predicted molar refractivity (Wildman–Crippen MR) is 53.1 cm³/mol. The zero-order valence-corrected chi connectivity index (χ0v) is 14.7. The Balaban J connectivity index is 0.00000112. The minimum absolute atomic E-state index is 0. The van der Waals surface area contributed by atoms with Crippen molar-refractivity contribution in [2.24, 2.45) is 0 Å². The molecule has 5 heteroatoms. The molecule has 1 aromatic carbocycles. The minimum Gasteiger partial charge on any atom is -0.462 e. The third-order valence-electron chi connectivity index (χ3n) is 1.94. The molecule has 0 atom stereocenters. The van der Waals surface area contributed by atoms with Crippen molar-refractivity contribution >= 4 is 16.9 Å². The van der Waals surface area contributed by atoms with Crippen molar-refractivity contribution in [3.8, 4) is 0 Å². The van der Waals surface area contributed by atoms with Gasteiger partial charge in [-0.2, -0.15) is 0 Å². The topological polar surface area (TPSA) is 42.1 Å². The summed E-state index contributed by atoms with van der Waals surface area (Å²) in [6, 6.07) is 10.3. The summed E-state index contributed by atoms with van der Waals surface area (Å²) in [6.07, 6.45) is 0. The van der Waals surface area contributed by atoms with Gasteiger partial charge >= 0.3 is 5.97 Å². The summed E-state index contributed by atoms with van der Waals surface area (Å²) in [5, 5.41) is 0.899. The molecule has 2 aromatic rings. The van der Waals surface area contributed by atoms with Gasteiger partial charge in [-0.15, -0.1) is 35.7 Å². The number of esters is 1. The molecular formula is C11H10NO2Y2-. The maximum atomic E-state index is 11.3. The summed E-state index contributed by atoms with van der Waals surface area (Å²) in [5.41, 5.74) is 1.37. The molecule has 2 radical (unpaired) electrons. The first-order chi connectivity index (χ1) is 6.81. The number of carbonyl (C=O) groups is 1. The zero-order chi connectivity index (χ0) is 9.97. The average Bonchev–Trinajstić information content (AvgIpc) is 2.61. The first-order valence-corrected chi connectivity index (χ1v) is 4.48. The molecule has 0 bridgehead atoms. The number of aromatic amines is 1. The van der Waals surface area contributed by atoms with Crippen LogP contribution < -0.4 is 0 Å². The summed E-state index contributed by atoms with van der Waals surface area (Å²) in [5.74, 6) is -0.322. The van der Waals surface area contributed by atoms with Crippen molar-refractivity contribution in [1.82, 2.24) is 4.98 Å². The molecule has 0 aliphatic heterocycles. The smallest absolute Gasteiger partial charge is 0.344 e. The Hall–Kier alpha value is 0.438. The number of aromatic nitrogens is 1. The van der Waals surface area contributed by atoms with E-state index in [0.29, 0.717) is 12.3 Å². The van der Waals surface area contributed by atoms with Crippen LogP contribution in [-0.4, -0.2) is 17.6 Å². The van der Waals surface area contributed by atoms with E-state index in [4.69, 9.17) is 4.74 Å². The molecule has 78 valence electrons. The second kappa shape index (κ2) is 7.70. The van der Waals surface area contributed by atoms with Gasteiger partial charge in [-0.25, -0.2) is 4.79 Å². The van der Waals surface area contributed by atoms with Gasteiger partial charge in [-0.05, 0) is 12.4 Å². The van der Waals surface area contributed by atoms with E-state index < -0.39 is 0 Å². The minimum atomic E-state index is -0.322.